The summed E-state index contributed by atoms with van der Waals surface area (Å²) in [5.41, 5.74) is 3.01. The fourth-order valence-electron chi connectivity index (χ4n) is 6.75. The number of rotatable bonds is 4. The molecule has 156 valence electrons. The van der Waals surface area contributed by atoms with Crippen LogP contribution < -0.4 is 5.32 Å². The van der Waals surface area contributed by atoms with Crippen LogP contribution in [0.4, 0.5) is 11.4 Å². The highest BCUT2D eigenvalue weighted by atomic mass is 79.9. The summed E-state index contributed by atoms with van der Waals surface area (Å²) in [6.45, 7) is 2.11. The van der Waals surface area contributed by atoms with Crippen LogP contribution in [0, 0.1) is 34.3 Å². The summed E-state index contributed by atoms with van der Waals surface area (Å²) in [5, 5.41) is 14.1. The SMILES string of the molecule is Cc1ccc(C23CC4CC(CC(C(=O)Nc5ccc([N+](=O)[O-])cc5Br)(C4)C2)C3)cc1. The van der Waals surface area contributed by atoms with Crippen molar-refractivity contribution in [2.45, 2.75) is 50.9 Å². The van der Waals surface area contributed by atoms with Gasteiger partial charge in [0.1, 0.15) is 0 Å². The lowest BCUT2D eigenvalue weighted by Gasteiger charge is -2.61. The second kappa shape index (κ2) is 6.91. The predicted octanol–water partition coefficient (Wildman–Crippen LogP) is 6.14. The van der Waals surface area contributed by atoms with Gasteiger partial charge in [-0.2, -0.15) is 0 Å². The van der Waals surface area contributed by atoms with Gasteiger partial charge in [-0.1, -0.05) is 29.8 Å². The highest BCUT2D eigenvalue weighted by Gasteiger charge is 2.60. The maximum absolute atomic E-state index is 13.6. The molecule has 2 atom stereocenters. The van der Waals surface area contributed by atoms with Crippen LogP contribution in [-0.4, -0.2) is 10.8 Å². The van der Waals surface area contributed by atoms with E-state index in [4.69, 9.17) is 0 Å². The Morgan fingerprint density at radius 1 is 1.10 bits per heavy atom. The van der Waals surface area contributed by atoms with Gasteiger partial charge in [0.25, 0.3) is 5.69 Å². The molecule has 0 saturated heterocycles. The molecule has 1 amide bonds. The maximum Gasteiger partial charge on any atom is 0.270 e. The molecule has 5 nitrogen and oxygen atoms in total. The molecule has 6 rings (SSSR count). The van der Waals surface area contributed by atoms with E-state index in [-0.39, 0.29) is 22.4 Å². The van der Waals surface area contributed by atoms with Gasteiger partial charge in [-0.3, -0.25) is 14.9 Å². The van der Waals surface area contributed by atoms with Crippen molar-refractivity contribution in [3.05, 3.63) is 68.2 Å². The van der Waals surface area contributed by atoms with E-state index in [1.165, 1.54) is 42.5 Å². The number of halogens is 1. The zero-order chi connectivity index (χ0) is 21.1. The largest absolute Gasteiger partial charge is 0.325 e. The molecule has 4 aliphatic carbocycles. The number of benzene rings is 2. The predicted molar refractivity (Wildman–Crippen MR) is 119 cm³/mol. The smallest absolute Gasteiger partial charge is 0.270 e. The second-order valence-electron chi connectivity index (χ2n) is 9.76. The third-order valence-corrected chi connectivity index (χ3v) is 8.27. The number of nitrogens with zero attached hydrogens (tertiary/aromatic N) is 1. The average Bonchev–Trinajstić information content (AvgIpc) is 2.68. The van der Waals surface area contributed by atoms with Crippen LogP contribution in [0.1, 0.15) is 49.7 Å². The fourth-order valence-corrected chi connectivity index (χ4v) is 7.21. The molecule has 0 heterocycles. The van der Waals surface area contributed by atoms with E-state index in [1.807, 2.05) is 0 Å². The summed E-state index contributed by atoms with van der Waals surface area (Å²) < 4.78 is 0.544. The summed E-state index contributed by atoms with van der Waals surface area (Å²) in [4.78, 5) is 24.2. The molecule has 2 aromatic carbocycles. The Hall–Kier alpha value is -2.21. The van der Waals surface area contributed by atoms with Gasteiger partial charge in [-0.05, 0) is 90.3 Å². The molecular weight excluding hydrogens is 444 g/mol. The first-order valence-electron chi connectivity index (χ1n) is 10.6. The summed E-state index contributed by atoms with van der Waals surface area (Å²) >= 11 is 3.39. The molecule has 4 fully saturated rings. The summed E-state index contributed by atoms with van der Waals surface area (Å²) in [7, 11) is 0. The van der Waals surface area contributed by atoms with Gasteiger partial charge in [0.2, 0.25) is 5.91 Å². The number of amides is 1. The van der Waals surface area contributed by atoms with Gasteiger partial charge in [0.15, 0.2) is 0 Å². The van der Waals surface area contributed by atoms with Crippen LogP contribution in [0.3, 0.4) is 0 Å². The molecule has 0 radical (unpaired) electrons. The number of non-ortho nitro benzene ring substituents is 1. The zero-order valence-electron chi connectivity index (χ0n) is 17.0. The minimum atomic E-state index is -0.430. The second-order valence-corrected chi connectivity index (χ2v) is 10.6. The van der Waals surface area contributed by atoms with Crippen LogP contribution in [0.15, 0.2) is 46.9 Å². The van der Waals surface area contributed by atoms with E-state index in [1.54, 1.807) is 6.07 Å². The zero-order valence-corrected chi connectivity index (χ0v) is 18.6. The van der Waals surface area contributed by atoms with Gasteiger partial charge >= 0.3 is 0 Å². The average molecular weight is 469 g/mol. The molecule has 0 aliphatic heterocycles. The lowest BCUT2D eigenvalue weighted by atomic mass is 9.42. The van der Waals surface area contributed by atoms with E-state index < -0.39 is 4.92 Å². The third kappa shape index (κ3) is 3.16. The minimum absolute atomic E-state index is 0.00741. The molecule has 4 saturated carbocycles. The van der Waals surface area contributed by atoms with Crippen molar-refractivity contribution < 1.29 is 9.72 Å². The topological polar surface area (TPSA) is 72.2 Å². The number of aryl methyl sites for hydroxylation is 1. The van der Waals surface area contributed by atoms with E-state index in [0.29, 0.717) is 22.0 Å². The molecule has 4 aliphatic rings. The van der Waals surface area contributed by atoms with Crippen LogP contribution >= 0.6 is 15.9 Å². The van der Waals surface area contributed by atoms with Crippen LogP contribution in [-0.2, 0) is 10.2 Å². The molecule has 2 unspecified atom stereocenters. The number of carbonyl (C=O) groups excluding carboxylic acids is 1. The van der Waals surface area contributed by atoms with Gasteiger partial charge in [-0.25, -0.2) is 0 Å². The molecular formula is C24H25BrN2O3. The van der Waals surface area contributed by atoms with E-state index >= 15 is 0 Å². The van der Waals surface area contributed by atoms with Crippen LogP contribution in [0.25, 0.3) is 0 Å². The van der Waals surface area contributed by atoms with Crippen molar-refractivity contribution in [3.8, 4) is 0 Å². The number of carbonyl (C=O) groups is 1. The number of nitro groups is 1. The molecule has 30 heavy (non-hydrogen) atoms. The molecule has 0 aromatic heterocycles. The van der Waals surface area contributed by atoms with Crippen molar-refractivity contribution in [2.75, 3.05) is 5.32 Å². The van der Waals surface area contributed by atoms with E-state index in [2.05, 4.69) is 52.4 Å². The van der Waals surface area contributed by atoms with Crippen molar-refractivity contribution in [3.63, 3.8) is 0 Å². The highest BCUT2D eigenvalue weighted by molar-refractivity contribution is 9.10. The Bertz CT molecular complexity index is 1020. The molecule has 6 heteroatoms. The van der Waals surface area contributed by atoms with Crippen molar-refractivity contribution in [1.82, 2.24) is 0 Å². The fraction of sp³-hybridized carbons (Fsp3) is 0.458. The molecule has 4 bridgehead atoms. The normalized spacial score (nSPS) is 31.5. The Morgan fingerprint density at radius 3 is 2.37 bits per heavy atom. The standard InChI is InChI=1S/C24H25BrN2O3/c1-15-2-4-18(5-3-15)23-10-16-8-17(11-23)13-24(12-16,14-23)22(28)26-21-7-6-19(27(29)30)9-20(21)25/h2-7,9,16-17H,8,10-14H2,1H3,(H,26,28). The van der Waals surface area contributed by atoms with E-state index in [0.717, 1.165) is 19.3 Å². The van der Waals surface area contributed by atoms with Gasteiger partial charge in [0, 0.05) is 16.6 Å². The first-order chi connectivity index (χ1) is 14.3. The lowest BCUT2D eigenvalue weighted by molar-refractivity contribution is -0.384. The lowest BCUT2D eigenvalue weighted by Crippen LogP contribution is -2.58. The minimum Gasteiger partial charge on any atom is -0.325 e. The monoisotopic (exact) mass is 468 g/mol. The van der Waals surface area contributed by atoms with Gasteiger partial charge in [-0.15, -0.1) is 0 Å². The number of nitrogens with one attached hydrogen (secondary N) is 1. The summed E-state index contributed by atoms with van der Waals surface area (Å²) in [6, 6.07) is 13.4. The van der Waals surface area contributed by atoms with Crippen LogP contribution in [0.2, 0.25) is 0 Å². The van der Waals surface area contributed by atoms with Crippen LogP contribution in [0.5, 0.6) is 0 Å². The Labute approximate surface area is 184 Å². The molecule has 1 N–H and O–H groups in total. The quantitative estimate of drug-likeness (QED) is 0.432. The van der Waals surface area contributed by atoms with Crippen molar-refractivity contribution in [2.24, 2.45) is 17.3 Å². The Kier molecular flexibility index (Phi) is 4.54. The first-order valence-corrected chi connectivity index (χ1v) is 11.4. The summed E-state index contributed by atoms with van der Waals surface area (Å²) in [6.07, 6.45) is 6.41. The Morgan fingerprint density at radius 2 is 1.77 bits per heavy atom. The maximum atomic E-state index is 13.6. The number of hydrogen-bond donors (Lipinski definition) is 1. The summed E-state index contributed by atoms with van der Waals surface area (Å²) in [5.74, 6) is 1.26. The number of anilines is 1. The van der Waals surface area contributed by atoms with E-state index in [9.17, 15) is 14.9 Å². The molecule has 2 aromatic rings. The number of hydrogen-bond acceptors (Lipinski definition) is 3. The molecule has 0 spiro atoms. The van der Waals surface area contributed by atoms with Crippen molar-refractivity contribution >= 4 is 33.2 Å². The third-order valence-electron chi connectivity index (χ3n) is 7.62. The number of nitro benzene ring substituents is 1. The highest BCUT2D eigenvalue weighted by Crippen LogP contribution is 2.66. The van der Waals surface area contributed by atoms with Gasteiger partial charge in [0.05, 0.1) is 16.0 Å². The van der Waals surface area contributed by atoms with Crippen molar-refractivity contribution in [1.29, 1.82) is 0 Å². The van der Waals surface area contributed by atoms with Gasteiger partial charge < -0.3 is 5.32 Å². The Balaban J connectivity index is 1.45. The first kappa shape index (κ1) is 19.7.